The number of nitrogens with zero attached hydrogens (tertiary/aromatic N) is 2. The van der Waals surface area contributed by atoms with Crippen molar-refractivity contribution in [2.24, 2.45) is 0 Å². The van der Waals surface area contributed by atoms with Crippen molar-refractivity contribution < 1.29 is 13.2 Å². The molecule has 0 radical (unpaired) electrons. The van der Waals surface area contributed by atoms with Gasteiger partial charge in [0.15, 0.2) is 0 Å². The highest BCUT2D eigenvalue weighted by molar-refractivity contribution is 5.66. The lowest BCUT2D eigenvalue weighted by atomic mass is 9.86. The normalized spacial score (nSPS) is 12.0. The summed E-state index contributed by atoms with van der Waals surface area (Å²) in [5, 5.41) is 5.91. The predicted molar refractivity (Wildman–Crippen MR) is 124 cm³/mol. The molecule has 3 aromatic rings. The Hall–Kier alpha value is -3.09. The van der Waals surface area contributed by atoms with Gasteiger partial charge in [0.05, 0.1) is 0 Å². The van der Waals surface area contributed by atoms with Crippen LogP contribution in [0.25, 0.3) is 0 Å². The molecule has 3 rings (SSSR count). The second kappa shape index (κ2) is 9.59. The average molecular weight is 443 g/mol. The molecule has 1 aromatic heterocycles. The van der Waals surface area contributed by atoms with Gasteiger partial charge in [0.25, 0.3) is 0 Å². The highest BCUT2D eigenvalue weighted by atomic mass is 19.4. The largest absolute Gasteiger partial charge is 0.421 e. The number of alkyl halides is 3. The number of anilines is 4. The van der Waals surface area contributed by atoms with E-state index in [0.717, 1.165) is 31.0 Å². The fourth-order valence-electron chi connectivity index (χ4n) is 3.38. The topological polar surface area (TPSA) is 49.8 Å². The van der Waals surface area contributed by atoms with E-state index in [9.17, 15) is 13.2 Å². The van der Waals surface area contributed by atoms with Crippen LogP contribution >= 0.6 is 0 Å². The summed E-state index contributed by atoms with van der Waals surface area (Å²) in [6.07, 6.45) is -0.548. The van der Waals surface area contributed by atoms with Crippen LogP contribution in [0, 0.1) is 0 Å². The fraction of sp³-hybridized carbons (Fsp3) is 0.360. The van der Waals surface area contributed by atoms with Gasteiger partial charge in [0.1, 0.15) is 11.4 Å². The molecule has 0 aliphatic heterocycles. The van der Waals surface area contributed by atoms with E-state index < -0.39 is 11.7 Å². The van der Waals surface area contributed by atoms with Gasteiger partial charge in [-0.05, 0) is 47.6 Å². The molecule has 170 valence electrons. The lowest BCUT2D eigenvalue weighted by molar-refractivity contribution is -0.137. The Morgan fingerprint density at radius 3 is 2.19 bits per heavy atom. The highest BCUT2D eigenvalue weighted by Gasteiger charge is 2.35. The van der Waals surface area contributed by atoms with Gasteiger partial charge in [0, 0.05) is 17.6 Å². The second-order valence-electron chi connectivity index (χ2n) is 8.80. The quantitative estimate of drug-likeness (QED) is 0.395. The molecule has 0 fully saturated rings. The molecule has 2 N–H and O–H groups in total. The number of benzene rings is 2. The molecule has 0 aliphatic rings. The van der Waals surface area contributed by atoms with Crippen LogP contribution in [-0.2, 0) is 18.0 Å². The van der Waals surface area contributed by atoms with Gasteiger partial charge in [-0.1, -0.05) is 64.4 Å². The summed E-state index contributed by atoms with van der Waals surface area (Å²) in [5.41, 5.74) is 2.23. The van der Waals surface area contributed by atoms with Gasteiger partial charge in [0.2, 0.25) is 5.95 Å². The number of halogens is 3. The lowest BCUT2D eigenvalue weighted by Crippen LogP contribution is -2.16. The van der Waals surface area contributed by atoms with E-state index in [1.54, 1.807) is 12.1 Å². The van der Waals surface area contributed by atoms with E-state index in [1.165, 1.54) is 5.56 Å². The molecule has 0 spiro atoms. The Morgan fingerprint density at radius 1 is 0.875 bits per heavy atom. The molecule has 7 heteroatoms. The number of unbranched alkanes of at least 4 members (excludes halogenated alkanes) is 1. The fourth-order valence-corrected chi connectivity index (χ4v) is 3.38. The smallest absolute Gasteiger partial charge is 0.339 e. The standard InChI is InChI=1S/C25H29F3N4/c1-5-6-9-17-12-14-18(15-13-17)30-23-29-16-20(25(26,27)28)22(32-23)31-21-11-8-7-10-19(21)24(2,3)4/h7-8,10-16H,5-6,9H2,1-4H3,(H2,29,30,31,32). The van der Waals surface area contributed by atoms with Crippen LogP contribution in [0.5, 0.6) is 0 Å². The molecule has 0 amide bonds. The van der Waals surface area contributed by atoms with Crippen molar-refractivity contribution in [3.8, 4) is 0 Å². The van der Waals surface area contributed by atoms with Gasteiger partial charge in [-0.25, -0.2) is 4.98 Å². The van der Waals surface area contributed by atoms with E-state index in [4.69, 9.17) is 0 Å². The van der Waals surface area contributed by atoms with Crippen LogP contribution in [0.15, 0.2) is 54.7 Å². The number of para-hydroxylation sites is 1. The first kappa shape index (κ1) is 23.6. The second-order valence-corrected chi connectivity index (χ2v) is 8.80. The van der Waals surface area contributed by atoms with Crippen LogP contribution in [0.4, 0.5) is 36.3 Å². The highest BCUT2D eigenvalue weighted by Crippen LogP contribution is 2.37. The molecule has 4 nitrogen and oxygen atoms in total. The molecule has 0 bridgehead atoms. The Kier molecular flexibility index (Phi) is 7.06. The van der Waals surface area contributed by atoms with Gasteiger partial charge in [-0.15, -0.1) is 0 Å². The number of nitrogens with one attached hydrogen (secondary N) is 2. The van der Waals surface area contributed by atoms with E-state index in [1.807, 2.05) is 57.2 Å². The van der Waals surface area contributed by atoms with E-state index in [-0.39, 0.29) is 17.2 Å². The Bertz CT molecular complexity index is 1040. The first-order chi connectivity index (χ1) is 15.1. The maximum absolute atomic E-state index is 13.6. The summed E-state index contributed by atoms with van der Waals surface area (Å²) in [4.78, 5) is 8.08. The number of hydrogen-bond donors (Lipinski definition) is 2. The Labute approximate surface area is 187 Å². The number of rotatable bonds is 7. The van der Waals surface area contributed by atoms with Crippen molar-refractivity contribution in [1.29, 1.82) is 0 Å². The number of hydrogen-bond acceptors (Lipinski definition) is 4. The van der Waals surface area contributed by atoms with Gasteiger partial charge in [-0.3, -0.25) is 0 Å². The summed E-state index contributed by atoms with van der Waals surface area (Å²) in [6.45, 7) is 8.17. The maximum Gasteiger partial charge on any atom is 0.421 e. The summed E-state index contributed by atoms with van der Waals surface area (Å²) in [7, 11) is 0. The zero-order valence-corrected chi connectivity index (χ0v) is 18.8. The van der Waals surface area contributed by atoms with Gasteiger partial charge < -0.3 is 10.6 Å². The molecule has 0 saturated carbocycles. The molecular formula is C25H29F3N4. The zero-order chi connectivity index (χ0) is 23.4. The van der Waals surface area contributed by atoms with Crippen molar-refractivity contribution in [3.63, 3.8) is 0 Å². The number of aromatic nitrogens is 2. The first-order valence-corrected chi connectivity index (χ1v) is 10.7. The van der Waals surface area contributed by atoms with Crippen LogP contribution < -0.4 is 10.6 Å². The summed E-state index contributed by atoms with van der Waals surface area (Å²) < 4.78 is 40.9. The third-order valence-electron chi connectivity index (χ3n) is 5.11. The van der Waals surface area contributed by atoms with Crippen LogP contribution in [-0.4, -0.2) is 9.97 Å². The maximum atomic E-state index is 13.6. The Morgan fingerprint density at radius 2 is 1.56 bits per heavy atom. The zero-order valence-electron chi connectivity index (χ0n) is 18.8. The van der Waals surface area contributed by atoms with Crippen molar-refractivity contribution >= 4 is 23.1 Å². The minimum absolute atomic E-state index is 0.0926. The average Bonchev–Trinajstić information content (AvgIpc) is 2.72. The third kappa shape index (κ3) is 5.99. The van der Waals surface area contributed by atoms with Crippen molar-refractivity contribution in [2.45, 2.75) is 58.5 Å². The summed E-state index contributed by atoms with van der Waals surface area (Å²) in [5.74, 6) is -0.193. The van der Waals surface area contributed by atoms with Gasteiger partial charge in [-0.2, -0.15) is 18.2 Å². The van der Waals surface area contributed by atoms with Crippen molar-refractivity contribution in [2.75, 3.05) is 10.6 Å². The summed E-state index contributed by atoms with van der Waals surface area (Å²) >= 11 is 0. The van der Waals surface area contributed by atoms with E-state index >= 15 is 0 Å². The van der Waals surface area contributed by atoms with Crippen LogP contribution in [0.1, 0.15) is 57.2 Å². The molecule has 0 aliphatic carbocycles. The molecule has 2 aromatic carbocycles. The molecule has 1 heterocycles. The molecule has 32 heavy (non-hydrogen) atoms. The molecule has 0 unspecified atom stereocenters. The van der Waals surface area contributed by atoms with Crippen molar-refractivity contribution in [1.82, 2.24) is 9.97 Å². The Balaban J connectivity index is 1.91. The summed E-state index contributed by atoms with van der Waals surface area (Å²) in [6, 6.07) is 15.1. The minimum Gasteiger partial charge on any atom is -0.339 e. The first-order valence-electron chi connectivity index (χ1n) is 10.7. The van der Waals surface area contributed by atoms with Crippen LogP contribution in [0.2, 0.25) is 0 Å². The van der Waals surface area contributed by atoms with Crippen LogP contribution in [0.3, 0.4) is 0 Å². The minimum atomic E-state index is -4.58. The predicted octanol–water partition coefficient (Wildman–Crippen LogP) is 7.62. The molecule has 0 saturated heterocycles. The van der Waals surface area contributed by atoms with E-state index in [0.29, 0.717) is 11.4 Å². The monoisotopic (exact) mass is 442 g/mol. The van der Waals surface area contributed by atoms with Crippen molar-refractivity contribution in [3.05, 3.63) is 71.4 Å². The SMILES string of the molecule is CCCCc1ccc(Nc2ncc(C(F)(F)F)c(Nc3ccccc3C(C)(C)C)n2)cc1. The van der Waals surface area contributed by atoms with E-state index in [2.05, 4.69) is 27.5 Å². The third-order valence-corrected chi connectivity index (χ3v) is 5.11. The number of aryl methyl sites for hydroxylation is 1. The van der Waals surface area contributed by atoms with Gasteiger partial charge >= 0.3 is 6.18 Å². The molecular weight excluding hydrogens is 413 g/mol. The molecule has 0 atom stereocenters. The lowest BCUT2D eigenvalue weighted by Gasteiger charge is -2.24.